The molecule has 0 amide bonds. The average molecular weight is 292 g/mol. The number of carbonyl (C=O) groups excluding carboxylic acids is 1. The molecule has 22 heavy (non-hydrogen) atoms. The molecule has 2 aromatic carbocycles. The molecule has 0 N–H and O–H groups in total. The summed E-state index contributed by atoms with van der Waals surface area (Å²) in [7, 11) is 1.62. The predicted octanol–water partition coefficient (Wildman–Crippen LogP) is 3.98. The number of hydrogen-bond acceptors (Lipinski definition) is 3. The van der Waals surface area contributed by atoms with Gasteiger partial charge in [-0.15, -0.1) is 0 Å². The number of cyclic esters (lactones) is 1. The van der Waals surface area contributed by atoms with Crippen LogP contribution >= 0.6 is 0 Å². The summed E-state index contributed by atoms with van der Waals surface area (Å²) in [5.41, 5.74) is 3.56. The van der Waals surface area contributed by atoms with Crippen molar-refractivity contribution in [1.29, 1.82) is 0 Å². The molecule has 3 rings (SSSR count). The predicted molar refractivity (Wildman–Crippen MR) is 86.2 cm³/mol. The van der Waals surface area contributed by atoms with Gasteiger partial charge in [-0.1, -0.05) is 29.8 Å². The largest absolute Gasteiger partial charge is 0.497 e. The maximum Gasteiger partial charge on any atom is 0.343 e. The Kier molecular flexibility index (Phi) is 3.79. The molecule has 0 aliphatic carbocycles. The van der Waals surface area contributed by atoms with Crippen molar-refractivity contribution in [3.63, 3.8) is 0 Å². The van der Waals surface area contributed by atoms with Crippen LogP contribution in [0.2, 0.25) is 0 Å². The van der Waals surface area contributed by atoms with E-state index in [0.29, 0.717) is 11.3 Å². The summed E-state index contributed by atoms with van der Waals surface area (Å²) in [6.45, 7) is 2.03. The van der Waals surface area contributed by atoms with Gasteiger partial charge >= 0.3 is 5.97 Å². The van der Waals surface area contributed by atoms with E-state index in [1.165, 1.54) is 5.56 Å². The van der Waals surface area contributed by atoms with Gasteiger partial charge in [-0.2, -0.15) is 0 Å². The Balaban J connectivity index is 1.88. The zero-order valence-electron chi connectivity index (χ0n) is 12.5. The molecule has 3 nitrogen and oxygen atoms in total. The summed E-state index contributed by atoms with van der Waals surface area (Å²) < 4.78 is 10.5. The van der Waals surface area contributed by atoms with Crippen LogP contribution in [-0.4, -0.2) is 13.1 Å². The summed E-state index contributed by atoms with van der Waals surface area (Å²) in [6.07, 6.45) is 3.60. The lowest BCUT2D eigenvalue weighted by atomic mass is 10.1. The SMILES string of the molecule is COc1ccc(C2=CC(=Cc3ccc(C)cc3)C(=O)O2)cc1. The van der Waals surface area contributed by atoms with Gasteiger partial charge in [0.15, 0.2) is 0 Å². The molecule has 1 heterocycles. The van der Waals surface area contributed by atoms with Crippen LogP contribution in [0.3, 0.4) is 0 Å². The molecular formula is C19H16O3. The normalized spacial score (nSPS) is 15.6. The number of rotatable bonds is 3. The van der Waals surface area contributed by atoms with Crippen molar-refractivity contribution >= 4 is 17.8 Å². The van der Waals surface area contributed by atoms with Crippen LogP contribution in [-0.2, 0) is 9.53 Å². The number of benzene rings is 2. The van der Waals surface area contributed by atoms with Gasteiger partial charge in [0, 0.05) is 5.56 Å². The second-order valence-corrected chi connectivity index (χ2v) is 5.14. The quantitative estimate of drug-likeness (QED) is 0.634. The third-order valence-corrected chi connectivity index (χ3v) is 3.50. The van der Waals surface area contributed by atoms with E-state index in [1.54, 1.807) is 13.2 Å². The van der Waals surface area contributed by atoms with Crippen LogP contribution in [0.4, 0.5) is 0 Å². The number of methoxy groups -OCH3 is 1. The Bertz CT molecular complexity index is 750. The Hall–Kier alpha value is -2.81. The molecule has 1 aliphatic heterocycles. The standard InChI is InChI=1S/C19H16O3/c1-13-3-5-14(6-4-13)11-16-12-18(22-19(16)20)15-7-9-17(21-2)10-8-15/h3-12H,1-2H3. The molecule has 0 saturated carbocycles. The van der Waals surface area contributed by atoms with Crippen molar-refractivity contribution in [2.24, 2.45) is 0 Å². The minimum Gasteiger partial charge on any atom is -0.497 e. The molecule has 0 saturated heterocycles. The van der Waals surface area contributed by atoms with E-state index >= 15 is 0 Å². The van der Waals surface area contributed by atoms with Gasteiger partial charge in [-0.25, -0.2) is 4.79 Å². The Morgan fingerprint density at radius 3 is 2.32 bits per heavy atom. The van der Waals surface area contributed by atoms with Gasteiger partial charge in [0.25, 0.3) is 0 Å². The smallest absolute Gasteiger partial charge is 0.343 e. The molecule has 1 aliphatic rings. The van der Waals surface area contributed by atoms with Gasteiger partial charge in [-0.3, -0.25) is 0 Å². The molecule has 2 aromatic rings. The highest BCUT2D eigenvalue weighted by Crippen LogP contribution is 2.28. The van der Waals surface area contributed by atoms with Gasteiger partial charge in [-0.05, 0) is 48.9 Å². The fraction of sp³-hybridized carbons (Fsp3) is 0.105. The topological polar surface area (TPSA) is 35.5 Å². The average Bonchev–Trinajstić information content (AvgIpc) is 2.91. The molecular weight excluding hydrogens is 276 g/mol. The summed E-state index contributed by atoms with van der Waals surface area (Å²) in [4.78, 5) is 12.0. The molecule has 0 radical (unpaired) electrons. The zero-order chi connectivity index (χ0) is 15.5. The monoisotopic (exact) mass is 292 g/mol. The highest BCUT2D eigenvalue weighted by Gasteiger charge is 2.21. The third-order valence-electron chi connectivity index (χ3n) is 3.50. The second-order valence-electron chi connectivity index (χ2n) is 5.14. The summed E-state index contributed by atoms with van der Waals surface area (Å²) in [5, 5.41) is 0. The van der Waals surface area contributed by atoms with Crippen molar-refractivity contribution in [3.8, 4) is 5.75 Å². The fourth-order valence-corrected chi connectivity index (χ4v) is 2.23. The zero-order valence-corrected chi connectivity index (χ0v) is 12.5. The Labute approximate surface area is 129 Å². The number of aryl methyl sites for hydroxylation is 1. The van der Waals surface area contributed by atoms with E-state index in [4.69, 9.17) is 9.47 Å². The van der Waals surface area contributed by atoms with Crippen LogP contribution in [0.15, 0.2) is 60.2 Å². The van der Waals surface area contributed by atoms with Crippen molar-refractivity contribution in [2.45, 2.75) is 6.92 Å². The summed E-state index contributed by atoms with van der Waals surface area (Å²) in [5.74, 6) is 1.00. The lowest BCUT2D eigenvalue weighted by molar-refractivity contribution is -0.130. The highest BCUT2D eigenvalue weighted by atomic mass is 16.5. The van der Waals surface area contributed by atoms with Crippen LogP contribution in [0.1, 0.15) is 16.7 Å². The number of esters is 1. The molecule has 3 heteroatoms. The van der Waals surface area contributed by atoms with E-state index in [0.717, 1.165) is 16.9 Å². The number of ether oxygens (including phenoxy) is 2. The van der Waals surface area contributed by atoms with Crippen LogP contribution < -0.4 is 4.74 Å². The first-order chi connectivity index (χ1) is 10.7. The molecule has 0 aromatic heterocycles. The lowest BCUT2D eigenvalue weighted by Gasteiger charge is -2.03. The maximum absolute atomic E-state index is 12.0. The highest BCUT2D eigenvalue weighted by molar-refractivity contribution is 6.05. The van der Waals surface area contributed by atoms with Gasteiger partial charge in [0.05, 0.1) is 12.7 Å². The van der Waals surface area contributed by atoms with Crippen LogP contribution in [0.25, 0.3) is 11.8 Å². The van der Waals surface area contributed by atoms with Crippen LogP contribution in [0, 0.1) is 6.92 Å². The third kappa shape index (κ3) is 2.93. The lowest BCUT2D eigenvalue weighted by Crippen LogP contribution is -1.97. The minimum atomic E-state index is -0.327. The molecule has 0 unspecified atom stereocenters. The van der Waals surface area contributed by atoms with E-state index in [1.807, 2.05) is 61.5 Å². The second kappa shape index (κ2) is 5.90. The first-order valence-corrected chi connectivity index (χ1v) is 7.02. The molecule has 0 spiro atoms. The first-order valence-electron chi connectivity index (χ1n) is 7.02. The Morgan fingerprint density at radius 1 is 1.00 bits per heavy atom. The van der Waals surface area contributed by atoms with Crippen LogP contribution in [0.5, 0.6) is 5.75 Å². The Morgan fingerprint density at radius 2 is 1.68 bits per heavy atom. The summed E-state index contributed by atoms with van der Waals surface area (Å²) in [6, 6.07) is 15.4. The van der Waals surface area contributed by atoms with E-state index in [9.17, 15) is 4.79 Å². The molecule has 110 valence electrons. The van der Waals surface area contributed by atoms with E-state index in [-0.39, 0.29) is 5.97 Å². The van der Waals surface area contributed by atoms with Gasteiger partial charge < -0.3 is 9.47 Å². The van der Waals surface area contributed by atoms with Crippen molar-refractivity contribution in [1.82, 2.24) is 0 Å². The van der Waals surface area contributed by atoms with Crippen molar-refractivity contribution < 1.29 is 14.3 Å². The number of carbonyl (C=O) groups is 1. The maximum atomic E-state index is 12.0. The van der Waals surface area contributed by atoms with Gasteiger partial charge in [0.2, 0.25) is 0 Å². The van der Waals surface area contributed by atoms with Crippen molar-refractivity contribution in [2.75, 3.05) is 7.11 Å². The van der Waals surface area contributed by atoms with Crippen molar-refractivity contribution in [3.05, 3.63) is 76.9 Å². The fourth-order valence-electron chi connectivity index (χ4n) is 2.23. The molecule has 0 bridgehead atoms. The summed E-state index contributed by atoms with van der Waals surface area (Å²) >= 11 is 0. The minimum absolute atomic E-state index is 0.327. The molecule has 0 atom stereocenters. The van der Waals surface area contributed by atoms with E-state index in [2.05, 4.69) is 0 Å². The first kappa shape index (κ1) is 14.1. The number of hydrogen-bond donors (Lipinski definition) is 0. The van der Waals surface area contributed by atoms with E-state index < -0.39 is 0 Å². The van der Waals surface area contributed by atoms with Gasteiger partial charge in [0.1, 0.15) is 11.5 Å². The molecule has 0 fully saturated rings.